The molecule has 0 spiro atoms. The molecule has 4 aromatic rings. The molecule has 1 aliphatic rings. The smallest absolute Gasteiger partial charge is 0.250 e. The number of halogens is 1. The number of rotatable bonds is 8. The normalized spacial score (nSPS) is 13.8. The average molecular weight is 591 g/mol. The molecule has 1 aliphatic heterocycles. The van der Waals surface area contributed by atoms with Gasteiger partial charge in [-0.3, -0.25) is 0 Å². The van der Waals surface area contributed by atoms with Gasteiger partial charge in [-0.2, -0.15) is 20.1 Å². The Morgan fingerprint density at radius 2 is 1.50 bits per heavy atom. The molecular formula is C27H26IN7O. The molecule has 0 aliphatic carbocycles. The van der Waals surface area contributed by atoms with Gasteiger partial charge in [0.25, 0.3) is 0 Å². The maximum Gasteiger partial charge on any atom is 0.250 e. The fourth-order valence-corrected chi connectivity index (χ4v) is 4.48. The van der Waals surface area contributed by atoms with Crippen molar-refractivity contribution >= 4 is 46.7 Å². The number of morpholine rings is 1. The third-order valence-corrected chi connectivity index (χ3v) is 6.35. The second kappa shape index (κ2) is 11.9. The van der Waals surface area contributed by atoms with E-state index in [0.717, 1.165) is 33.4 Å². The van der Waals surface area contributed by atoms with Gasteiger partial charge in [0.05, 0.1) is 25.5 Å². The standard InChI is InChI=1S/C27H26IN7O/c28-23-13-7-8-20(18-23)19-29-34-26-31-25(32-27(33-26)35-14-16-36-17-15-35)30-24(21-9-3-1-4-10-21)22-11-5-2-6-12-22/h1-13,18-19,24H,14-17H2,(H2,30,31,32,33,34)/b29-19+. The summed E-state index contributed by atoms with van der Waals surface area (Å²) in [5.74, 6) is 1.43. The zero-order chi connectivity index (χ0) is 24.6. The molecule has 9 heteroatoms. The van der Waals surface area contributed by atoms with E-state index in [1.54, 1.807) is 6.21 Å². The van der Waals surface area contributed by atoms with E-state index in [-0.39, 0.29) is 6.04 Å². The Hall–Kier alpha value is -3.57. The van der Waals surface area contributed by atoms with Crippen LogP contribution in [0.15, 0.2) is 90.0 Å². The van der Waals surface area contributed by atoms with Gasteiger partial charge in [-0.25, -0.2) is 5.43 Å². The Morgan fingerprint density at radius 3 is 2.17 bits per heavy atom. The molecule has 3 aromatic carbocycles. The third kappa shape index (κ3) is 6.35. The predicted octanol–water partition coefficient (Wildman–Crippen LogP) is 4.96. The fourth-order valence-electron chi connectivity index (χ4n) is 3.91. The Kier molecular flexibility index (Phi) is 7.99. The number of benzene rings is 3. The van der Waals surface area contributed by atoms with Gasteiger partial charge in [-0.15, -0.1) is 0 Å². The summed E-state index contributed by atoms with van der Waals surface area (Å²) < 4.78 is 6.66. The van der Waals surface area contributed by atoms with E-state index in [0.29, 0.717) is 31.1 Å². The molecule has 0 atom stereocenters. The summed E-state index contributed by atoms with van der Waals surface area (Å²) >= 11 is 2.28. The number of hydrogen-bond donors (Lipinski definition) is 2. The molecule has 0 bridgehead atoms. The number of hydrazone groups is 1. The lowest BCUT2D eigenvalue weighted by Gasteiger charge is -2.27. The van der Waals surface area contributed by atoms with Crippen molar-refractivity contribution in [2.24, 2.45) is 5.10 Å². The molecule has 1 aromatic heterocycles. The van der Waals surface area contributed by atoms with Crippen molar-refractivity contribution in [3.8, 4) is 0 Å². The zero-order valence-corrected chi connectivity index (χ0v) is 21.7. The van der Waals surface area contributed by atoms with Gasteiger partial charge in [0.15, 0.2) is 0 Å². The SMILES string of the molecule is Ic1cccc(/C=N/Nc2nc(NC(c3ccccc3)c3ccccc3)nc(N3CCOCC3)n2)c1. The Bertz CT molecular complexity index is 1260. The van der Waals surface area contributed by atoms with Crippen molar-refractivity contribution in [3.63, 3.8) is 0 Å². The van der Waals surface area contributed by atoms with Crippen LogP contribution in [0.5, 0.6) is 0 Å². The van der Waals surface area contributed by atoms with Gasteiger partial charge in [-0.05, 0) is 51.4 Å². The molecule has 0 unspecified atom stereocenters. The molecule has 2 heterocycles. The maximum atomic E-state index is 5.52. The number of anilines is 3. The number of aromatic nitrogens is 3. The van der Waals surface area contributed by atoms with Crippen molar-refractivity contribution in [1.29, 1.82) is 0 Å². The van der Waals surface area contributed by atoms with Crippen LogP contribution in [0.4, 0.5) is 17.8 Å². The summed E-state index contributed by atoms with van der Waals surface area (Å²) in [7, 11) is 0. The van der Waals surface area contributed by atoms with Gasteiger partial charge in [0, 0.05) is 16.7 Å². The van der Waals surface area contributed by atoms with E-state index in [4.69, 9.17) is 9.72 Å². The van der Waals surface area contributed by atoms with E-state index < -0.39 is 0 Å². The predicted molar refractivity (Wildman–Crippen MR) is 152 cm³/mol. The minimum atomic E-state index is -0.130. The molecule has 2 N–H and O–H groups in total. The van der Waals surface area contributed by atoms with Crippen LogP contribution >= 0.6 is 22.6 Å². The van der Waals surface area contributed by atoms with E-state index >= 15 is 0 Å². The van der Waals surface area contributed by atoms with Crippen LogP contribution in [0.1, 0.15) is 22.7 Å². The minimum absolute atomic E-state index is 0.130. The summed E-state index contributed by atoms with van der Waals surface area (Å²) in [5.41, 5.74) is 6.21. The molecule has 5 rings (SSSR count). The first-order valence-corrected chi connectivity index (χ1v) is 12.8. The van der Waals surface area contributed by atoms with E-state index in [1.165, 1.54) is 0 Å². The van der Waals surface area contributed by atoms with Crippen LogP contribution in [0.3, 0.4) is 0 Å². The molecule has 8 nitrogen and oxygen atoms in total. The summed E-state index contributed by atoms with van der Waals surface area (Å²) in [6.07, 6.45) is 1.75. The highest BCUT2D eigenvalue weighted by Crippen LogP contribution is 2.26. The molecule has 182 valence electrons. The lowest BCUT2D eigenvalue weighted by molar-refractivity contribution is 0.122. The molecule has 0 amide bonds. The first-order valence-electron chi connectivity index (χ1n) is 11.7. The van der Waals surface area contributed by atoms with Crippen molar-refractivity contribution in [2.75, 3.05) is 41.9 Å². The molecule has 36 heavy (non-hydrogen) atoms. The number of nitrogens with zero attached hydrogens (tertiary/aromatic N) is 5. The van der Waals surface area contributed by atoms with Crippen LogP contribution in [0, 0.1) is 3.57 Å². The van der Waals surface area contributed by atoms with E-state index in [2.05, 4.69) is 83.6 Å². The number of ether oxygens (including phenoxy) is 1. The second-order valence-corrected chi connectivity index (χ2v) is 9.45. The van der Waals surface area contributed by atoms with Crippen LogP contribution in [0.25, 0.3) is 0 Å². The molecule has 0 radical (unpaired) electrons. The van der Waals surface area contributed by atoms with Gasteiger partial charge in [0.1, 0.15) is 0 Å². The monoisotopic (exact) mass is 591 g/mol. The maximum absolute atomic E-state index is 5.52. The Labute approximate surface area is 224 Å². The Balaban J connectivity index is 1.45. The first kappa shape index (κ1) is 24.1. The quantitative estimate of drug-likeness (QED) is 0.170. The van der Waals surface area contributed by atoms with Crippen molar-refractivity contribution in [2.45, 2.75) is 6.04 Å². The third-order valence-electron chi connectivity index (χ3n) is 5.68. The molecule has 0 saturated carbocycles. The van der Waals surface area contributed by atoms with Crippen molar-refractivity contribution in [3.05, 3.63) is 105 Å². The topological polar surface area (TPSA) is 87.6 Å². The summed E-state index contributed by atoms with van der Waals surface area (Å²) in [5, 5.41) is 7.91. The highest BCUT2D eigenvalue weighted by Gasteiger charge is 2.20. The van der Waals surface area contributed by atoms with E-state index in [1.807, 2.05) is 54.6 Å². The van der Waals surface area contributed by atoms with Crippen LogP contribution in [0.2, 0.25) is 0 Å². The molecule has 1 fully saturated rings. The zero-order valence-electron chi connectivity index (χ0n) is 19.6. The highest BCUT2D eigenvalue weighted by atomic mass is 127. The molecular weight excluding hydrogens is 565 g/mol. The van der Waals surface area contributed by atoms with Crippen LogP contribution < -0.4 is 15.6 Å². The average Bonchev–Trinajstić information content (AvgIpc) is 2.93. The highest BCUT2D eigenvalue weighted by molar-refractivity contribution is 14.1. The van der Waals surface area contributed by atoms with E-state index in [9.17, 15) is 0 Å². The van der Waals surface area contributed by atoms with Crippen molar-refractivity contribution < 1.29 is 4.74 Å². The number of hydrogen-bond acceptors (Lipinski definition) is 8. The first-order chi connectivity index (χ1) is 17.7. The van der Waals surface area contributed by atoms with Crippen LogP contribution in [-0.2, 0) is 4.74 Å². The lowest BCUT2D eigenvalue weighted by Crippen LogP contribution is -2.37. The molecule has 1 saturated heterocycles. The lowest BCUT2D eigenvalue weighted by atomic mass is 9.99. The summed E-state index contributed by atoms with van der Waals surface area (Å²) in [6.45, 7) is 2.71. The van der Waals surface area contributed by atoms with Gasteiger partial charge < -0.3 is 15.0 Å². The fraction of sp³-hybridized carbons (Fsp3) is 0.185. The second-order valence-electron chi connectivity index (χ2n) is 8.21. The Morgan fingerprint density at radius 1 is 0.833 bits per heavy atom. The van der Waals surface area contributed by atoms with Crippen molar-refractivity contribution in [1.82, 2.24) is 15.0 Å². The van der Waals surface area contributed by atoms with Gasteiger partial charge in [-0.1, -0.05) is 72.8 Å². The van der Waals surface area contributed by atoms with Crippen LogP contribution in [-0.4, -0.2) is 47.5 Å². The van der Waals surface area contributed by atoms with Gasteiger partial charge in [0.2, 0.25) is 17.8 Å². The van der Waals surface area contributed by atoms with Gasteiger partial charge >= 0.3 is 0 Å². The largest absolute Gasteiger partial charge is 0.378 e. The number of nitrogens with one attached hydrogen (secondary N) is 2. The summed E-state index contributed by atoms with van der Waals surface area (Å²) in [6, 6.07) is 28.5. The summed E-state index contributed by atoms with van der Waals surface area (Å²) in [4.78, 5) is 16.2. The minimum Gasteiger partial charge on any atom is -0.378 e.